The van der Waals surface area contributed by atoms with E-state index in [1.54, 1.807) is 0 Å². The number of para-hydroxylation sites is 2. The van der Waals surface area contributed by atoms with Crippen molar-refractivity contribution in [1.29, 1.82) is 0 Å². The molecule has 2 amide bonds. The highest BCUT2D eigenvalue weighted by molar-refractivity contribution is 6.01. The van der Waals surface area contributed by atoms with Gasteiger partial charge in [-0.05, 0) is 36.2 Å². The first kappa shape index (κ1) is 18.6. The first-order valence-electron chi connectivity index (χ1n) is 8.80. The molecule has 0 radical (unpaired) electrons. The van der Waals surface area contributed by atoms with E-state index in [9.17, 15) is 14.0 Å². The predicted molar refractivity (Wildman–Crippen MR) is 102 cm³/mol. The Hall–Kier alpha value is -3.22. The van der Waals surface area contributed by atoms with Gasteiger partial charge < -0.3 is 10.3 Å². The average Bonchev–Trinajstić information content (AvgIpc) is 3.07. The summed E-state index contributed by atoms with van der Waals surface area (Å²) in [4.78, 5) is 32.6. The maximum absolute atomic E-state index is 13.4. The number of rotatable bonds is 6. The van der Waals surface area contributed by atoms with Gasteiger partial charge in [-0.3, -0.25) is 14.9 Å². The van der Waals surface area contributed by atoms with Crippen LogP contribution in [-0.2, 0) is 4.79 Å². The zero-order chi connectivity index (χ0) is 19.4. The number of aromatic nitrogens is 2. The molecule has 1 heterocycles. The van der Waals surface area contributed by atoms with E-state index in [1.165, 1.54) is 18.2 Å². The fourth-order valence-corrected chi connectivity index (χ4v) is 2.76. The standard InChI is InChI=1S/C20H21FN4O2/c1-3-12(2)17(24-18(26)13-7-6-8-14(21)11-13)19(27)25-20-22-15-9-4-5-10-16(15)23-20/h4-12,17H,3H2,1-2H3,(H,24,26)(H2,22,23,25,27)/t12-,17+/m0/s1. The molecule has 0 unspecified atom stereocenters. The third kappa shape index (κ3) is 4.31. The Morgan fingerprint density at radius 2 is 1.96 bits per heavy atom. The van der Waals surface area contributed by atoms with Crippen LogP contribution in [0.2, 0.25) is 0 Å². The minimum Gasteiger partial charge on any atom is -0.340 e. The third-order valence-corrected chi connectivity index (χ3v) is 4.50. The molecule has 140 valence electrons. The van der Waals surface area contributed by atoms with E-state index in [4.69, 9.17) is 0 Å². The molecular weight excluding hydrogens is 347 g/mol. The van der Waals surface area contributed by atoms with E-state index in [0.717, 1.165) is 17.1 Å². The summed E-state index contributed by atoms with van der Waals surface area (Å²) in [6, 6.07) is 12.0. The summed E-state index contributed by atoms with van der Waals surface area (Å²) in [6.07, 6.45) is 0.682. The second-order valence-electron chi connectivity index (χ2n) is 6.44. The van der Waals surface area contributed by atoms with Gasteiger partial charge in [0.25, 0.3) is 5.91 Å². The SMILES string of the molecule is CC[C@H](C)[C@@H](NC(=O)c1cccc(F)c1)C(=O)Nc1nc2ccccc2[nH]1. The van der Waals surface area contributed by atoms with Gasteiger partial charge in [-0.15, -0.1) is 0 Å². The van der Waals surface area contributed by atoms with Crippen molar-refractivity contribution in [2.45, 2.75) is 26.3 Å². The molecule has 3 rings (SSSR count). The minimum absolute atomic E-state index is 0.119. The molecule has 3 aromatic rings. The van der Waals surface area contributed by atoms with Crippen LogP contribution in [-0.4, -0.2) is 27.8 Å². The van der Waals surface area contributed by atoms with Crippen molar-refractivity contribution in [2.75, 3.05) is 5.32 Å². The quantitative estimate of drug-likeness (QED) is 0.622. The number of halogens is 1. The lowest BCUT2D eigenvalue weighted by Gasteiger charge is -2.23. The van der Waals surface area contributed by atoms with Crippen LogP contribution < -0.4 is 10.6 Å². The molecule has 1 aromatic heterocycles. The molecule has 0 aliphatic heterocycles. The molecule has 0 fully saturated rings. The van der Waals surface area contributed by atoms with Gasteiger partial charge in [0.2, 0.25) is 11.9 Å². The molecule has 2 atom stereocenters. The lowest BCUT2D eigenvalue weighted by atomic mass is 9.98. The Morgan fingerprint density at radius 3 is 2.67 bits per heavy atom. The monoisotopic (exact) mass is 368 g/mol. The van der Waals surface area contributed by atoms with Crippen molar-refractivity contribution >= 4 is 28.8 Å². The molecule has 27 heavy (non-hydrogen) atoms. The maximum atomic E-state index is 13.4. The molecular formula is C20H21FN4O2. The zero-order valence-electron chi connectivity index (χ0n) is 15.1. The van der Waals surface area contributed by atoms with Crippen LogP contribution in [0.15, 0.2) is 48.5 Å². The first-order chi connectivity index (χ1) is 13.0. The Morgan fingerprint density at radius 1 is 1.19 bits per heavy atom. The molecule has 2 aromatic carbocycles. The van der Waals surface area contributed by atoms with Gasteiger partial charge in [0, 0.05) is 5.56 Å². The molecule has 0 saturated heterocycles. The number of carbonyl (C=O) groups is 2. The number of H-pyrrole nitrogens is 1. The highest BCUT2D eigenvalue weighted by atomic mass is 19.1. The van der Waals surface area contributed by atoms with Gasteiger partial charge in [-0.2, -0.15) is 0 Å². The van der Waals surface area contributed by atoms with Gasteiger partial charge in [0.15, 0.2) is 0 Å². The topological polar surface area (TPSA) is 86.9 Å². The van der Waals surface area contributed by atoms with Gasteiger partial charge in [-0.1, -0.05) is 38.5 Å². The lowest BCUT2D eigenvalue weighted by Crippen LogP contribution is -2.47. The highest BCUT2D eigenvalue weighted by Gasteiger charge is 2.27. The van der Waals surface area contributed by atoms with Crippen LogP contribution in [0.1, 0.15) is 30.6 Å². The summed E-state index contributed by atoms with van der Waals surface area (Å²) < 4.78 is 13.4. The Kier molecular flexibility index (Phi) is 5.49. The second kappa shape index (κ2) is 7.99. The highest BCUT2D eigenvalue weighted by Crippen LogP contribution is 2.16. The van der Waals surface area contributed by atoms with Gasteiger partial charge in [-0.25, -0.2) is 9.37 Å². The number of anilines is 1. The molecule has 6 nitrogen and oxygen atoms in total. The van der Waals surface area contributed by atoms with Crippen molar-refractivity contribution in [3.8, 4) is 0 Å². The third-order valence-electron chi connectivity index (χ3n) is 4.50. The Labute approximate surface area is 156 Å². The number of hydrogen-bond acceptors (Lipinski definition) is 3. The maximum Gasteiger partial charge on any atom is 0.252 e. The molecule has 3 N–H and O–H groups in total. The lowest BCUT2D eigenvalue weighted by molar-refractivity contribution is -0.119. The van der Waals surface area contributed by atoms with E-state index in [-0.39, 0.29) is 17.4 Å². The number of hydrogen-bond donors (Lipinski definition) is 3. The largest absolute Gasteiger partial charge is 0.340 e. The normalized spacial score (nSPS) is 13.1. The average molecular weight is 368 g/mol. The van der Waals surface area contributed by atoms with Crippen LogP contribution in [0, 0.1) is 11.7 Å². The smallest absolute Gasteiger partial charge is 0.252 e. The van der Waals surface area contributed by atoms with Crippen LogP contribution in [0.3, 0.4) is 0 Å². The zero-order valence-corrected chi connectivity index (χ0v) is 15.1. The van der Waals surface area contributed by atoms with E-state index in [1.807, 2.05) is 38.1 Å². The number of fused-ring (bicyclic) bond motifs is 1. The Bertz CT molecular complexity index is 936. The summed E-state index contributed by atoms with van der Waals surface area (Å²) in [5.41, 5.74) is 1.70. The number of amides is 2. The van der Waals surface area contributed by atoms with Crippen molar-refractivity contribution in [1.82, 2.24) is 15.3 Å². The van der Waals surface area contributed by atoms with Crippen molar-refractivity contribution in [3.63, 3.8) is 0 Å². The van der Waals surface area contributed by atoms with E-state index >= 15 is 0 Å². The number of imidazole rings is 1. The van der Waals surface area contributed by atoms with Crippen molar-refractivity contribution in [3.05, 3.63) is 59.9 Å². The summed E-state index contributed by atoms with van der Waals surface area (Å²) in [5.74, 6) is -1.19. The molecule has 0 spiro atoms. The van der Waals surface area contributed by atoms with Crippen LogP contribution in [0.5, 0.6) is 0 Å². The van der Waals surface area contributed by atoms with E-state index < -0.39 is 17.8 Å². The number of aromatic amines is 1. The van der Waals surface area contributed by atoms with Crippen LogP contribution in [0.4, 0.5) is 10.3 Å². The summed E-state index contributed by atoms with van der Waals surface area (Å²) in [7, 11) is 0. The first-order valence-corrected chi connectivity index (χ1v) is 8.80. The predicted octanol–water partition coefficient (Wildman–Crippen LogP) is 3.49. The van der Waals surface area contributed by atoms with Gasteiger partial charge in [0.05, 0.1) is 11.0 Å². The second-order valence-corrected chi connectivity index (χ2v) is 6.44. The minimum atomic E-state index is -0.779. The van der Waals surface area contributed by atoms with E-state index in [0.29, 0.717) is 12.4 Å². The molecule has 0 aliphatic carbocycles. The van der Waals surface area contributed by atoms with Crippen LogP contribution in [0.25, 0.3) is 11.0 Å². The van der Waals surface area contributed by atoms with Crippen LogP contribution >= 0.6 is 0 Å². The number of nitrogens with one attached hydrogen (secondary N) is 3. The fraction of sp³-hybridized carbons (Fsp3) is 0.250. The van der Waals surface area contributed by atoms with Gasteiger partial charge >= 0.3 is 0 Å². The van der Waals surface area contributed by atoms with E-state index in [2.05, 4.69) is 20.6 Å². The van der Waals surface area contributed by atoms with Crippen molar-refractivity contribution < 1.29 is 14.0 Å². The molecule has 0 bridgehead atoms. The number of carbonyl (C=O) groups excluding carboxylic acids is 2. The summed E-state index contributed by atoms with van der Waals surface area (Å²) in [5, 5.41) is 5.43. The van der Waals surface area contributed by atoms with Crippen molar-refractivity contribution in [2.24, 2.45) is 5.92 Å². The van der Waals surface area contributed by atoms with Gasteiger partial charge in [0.1, 0.15) is 11.9 Å². The number of benzene rings is 2. The summed E-state index contributed by atoms with van der Waals surface area (Å²) >= 11 is 0. The Balaban J connectivity index is 1.77. The molecule has 7 heteroatoms. The number of nitrogens with zero attached hydrogens (tertiary/aromatic N) is 1. The summed E-state index contributed by atoms with van der Waals surface area (Å²) in [6.45, 7) is 3.80. The molecule has 0 aliphatic rings. The molecule has 0 saturated carbocycles. The fourth-order valence-electron chi connectivity index (χ4n) is 2.76.